The number of hydrogen-bond acceptors (Lipinski definition) is 4. The van der Waals surface area contributed by atoms with Crippen molar-refractivity contribution in [2.75, 3.05) is 13.7 Å². The van der Waals surface area contributed by atoms with Crippen LogP contribution in [-0.4, -0.2) is 25.7 Å². The molecule has 0 bridgehead atoms. The lowest BCUT2D eigenvalue weighted by molar-refractivity contribution is -0.134. The van der Waals surface area contributed by atoms with Crippen molar-refractivity contribution < 1.29 is 14.3 Å². The number of hydrogen-bond donors (Lipinski definition) is 0. The molecule has 0 unspecified atom stereocenters. The van der Waals surface area contributed by atoms with Crippen LogP contribution < -0.4 is 0 Å². The first-order chi connectivity index (χ1) is 8.22. The molecular formula is C13H23NO3. The molecule has 0 radical (unpaired) electrons. The summed E-state index contributed by atoms with van der Waals surface area (Å²) >= 11 is 0. The summed E-state index contributed by atoms with van der Waals surface area (Å²) < 4.78 is 4.14. The van der Waals surface area contributed by atoms with Gasteiger partial charge in [-0.3, -0.25) is 0 Å². The van der Waals surface area contributed by atoms with E-state index in [1.54, 1.807) is 6.08 Å². The minimum atomic E-state index is -0.394. The fourth-order valence-corrected chi connectivity index (χ4v) is 1.10. The molecule has 4 nitrogen and oxygen atoms in total. The van der Waals surface area contributed by atoms with Crippen LogP contribution in [0.3, 0.4) is 0 Å². The van der Waals surface area contributed by atoms with Crippen molar-refractivity contribution in [3.05, 3.63) is 12.7 Å². The third kappa shape index (κ3) is 20.6. The Balaban J connectivity index is 0. The molecule has 17 heavy (non-hydrogen) atoms. The van der Waals surface area contributed by atoms with Crippen molar-refractivity contribution in [1.82, 2.24) is 0 Å². The molecule has 0 aromatic carbocycles. The normalized spacial score (nSPS) is 8.35. The summed E-state index contributed by atoms with van der Waals surface area (Å²) in [7, 11) is 1.31. The fraction of sp³-hybridized carbons (Fsp3) is 0.692. The zero-order chi connectivity index (χ0) is 13.4. The molecule has 0 aliphatic carbocycles. The van der Waals surface area contributed by atoms with Crippen LogP contribution in [-0.2, 0) is 14.3 Å². The molecule has 0 amide bonds. The molecule has 0 aromatic heterocycles. The number of carbonyl (C=O) groups excluding carboxylic acids is 2. The molecule has 0 atom stereocenters. The summed E-state index contributed by atoms with van der Waals surface area (Å²) in [4.78, 5) is 23.0. The SMILES string of the molecule is C=CC(=O)OC.CCCCCCCCN=C=O. The van der Waals surface area contributed by atoms with Gasteiger partial charge in [0.05, 0.1) is 13.7 Å². The zero-order valence-corrected chi connectivity index (χ0v) is 10.9. The first kappa shape index (κ1) is 18.0. The van der Waals surface area contributed by atoms with Gasteiger partial charge in [-0.25, -0.2) is 14.6 Å². The van der Waals surface area contributed by atoms with Crippen LogP contribution >= 0.6 is 0 Å². The Labute approximate surface area is 104 Å². The van der Waals surface area contributed by atoms with Crippen LogP contribution in [0.2, 0.25) is 0 Å². The Morgan fingerprint density at radius 3 is 2.29 bits per heavy atom. The molecule has 0 fully saturated rings. The smallest absolute Gasteiger partial charge is 0.329 e. The predicted octanol–water partition coefficient (Wildman–Crippen LogP) is 3.03. The molecule has 0 aromatic rings. The van der Waals surface area contributed by atoms with Crippen LogP contribution in [0.25, 0.3) is 0 Å². The summed E-state index contributed by atoms with van der Waals surface area (Å²) in [5.74, 6) is -0.394. The highest BCUT2D eigenvalue weighted by atomic mass is 16.5. The van der Waals surface area contributed by atoms with E-state index < -0.39 is 5.97 Å². The van der Waals surface area contributed by atoms with Crippen molar-refractivity contribution >= 4 is 12.0 Å². The highest BCUT2D eigenvalue weighted by Crippen LogP contribution is 2.04. The number of esters is 1. The molecule has 98 valence electrons. The van der Waals surface area contributed by atoms with Gasteiger partial charge >= 0.3 is 5.97 Å². The molecule has 0 aliphatic rings. The maximum absolute atomic E-state index is 9.84. The molecule has 0 saturated heterocycles. The lowest BCUT2D eigenvalue weighted by atomic mass is 10.1. The standard InChI is InChI=1S/C9H17NO.C4H6O2/c1-2-3-4-5-6-7-8-10-9-11;1-3-4(5)6-2/h2-8H2,1H3;3H,1H2,2H3. The Morgan fingerprint density at radius 2 is 1.88 bits per heavy atom. The van der Waals surface area contributed by atoms with Crippen LogP contribution in [0.5, 0.6) is 0 Å². The Bertz CT molecular complexity index is 233. The number of unbranched alkanes of at least 4 members (excludes halogenated alkanes) is 5. The molecular weight excluding hydrogens is 218 g/mol. The van der Waals surface area contributed by atoms with E-state index in [-0.39, 0.29) is 0 Å². The Hall–Kier alpha value is -1.41. The number of carbonyl (C=O) groups is 1. The second-order valence-corrected chi connectivity index (χ2v) is 3.47. The van der Waals surface area contributed by atoms with Gasteiger partial charge in [0.15, 0.2) is 0 Å². The first-order valence-electron chi connectivity index (χ1n) is 5.96. The second kappa shape index (κ2) is 17.0. The molecule has 0 rings (SSSR count). The van der Waals surface area contributed by atoms with Crippen LogP contribution in [0.1, 0.15) is 45.4 Å². The lowest BCUT2D eigenvalue weighted by Crippen LogP contribution is -1.91. The number of ether oxygens (including phenoxy) is 1. The maximum Gasteiger partial charge on any atom is 0.329 e. The molecule has 0 saturated carbocycles. The van der Waals surface area contributed by atoms with Gasteiger partial charge in [-0.15, -0.1) is 0 Å². The van der Waals surface area contributed by atoms with E-state index in [0.29, 0.717) is 6.54 Å². The molecule has 0 aliphatic heterocycles. The van der Waals surface area contributed by atoms with Gasteiger partial charge in [-0.05, 0) is 6.42 Å². The predicted molar refractivity (Wildman–Crippen MR) is 68.6 cm³/mol. The van der Waals surface area contributed by atoms with E-state index in [9.17, 15) is 9.59 Å². The minimum absolute atomic E-state index is 0.394. The van der Waals surface area contributed by atoms with E-state index in [1.165, 1.54) is 39.2 Å². The number of rotatable bonds is 8. The maximum atomic E-state index is 9.84. The number of methoxy groups -OCH3 is 1. The first-order valence-corrected chi connectivity index (χ1v) is 5.96. The largest absolute Gasteiger partial charge is 0.466 e. The summed E-state index contributed by atoms with van der Waals surface area (Å²) in [6, 6.07) is 0. The summed E-state index contributed by atoms with van der Waals surface area (Å²) in [5.41, 5.74) is 0. The van der Waals surface area contributed by atoms with E-state index >= 15 is 0 Å². The number of aliphatic imine (C=N–C) groups is 1. The monoisotopic (exact) mass is 241 g/mol. The second-order valence-electron chi connectivity index (χ2n) is 3.47. The van der Waals surface area contributed by atoms with Gasteiger partial charge in [-0.2, -0.15) is 0 Å². The van der Waals surface area contributed by atoms with Crippen molar-refractivity contribution in [3.8, 4) is 0 Å². The number of nitrogens with zero attached hydrogens (tertiary/aromatic N) is 1. The van der Waals surface area contributed by atoms with Gasteiger partial charge in [0.25, 0.3) is 0 Å². The van der Waals surface area contributed by atoms with E-state index in [1.807, 2.05) is 0 Å². The third-order valence-electron chi connectivity index (χ3n) is 2.06. The summed E-state index contributed by atoms with van der Waals surface area (Å²) in [5, 5.41) is 0. The Morgan fingerprint density at radius 1 is 1.29 bits per heavy atom. The zero-order valence-electron chi connectivity index (χ0n) is 10.9. The molecule has 0 spiro atoms. The van der Waals surface area contributed by atoms with Gasteiger partial charge in [0.1, 0.15) is 0 Å². The van der Waals surface area contributed by atoms with E-state index in [0.717, 1.165) is 12.5 Å². The molecule has 4 heteroatoms. The summed E-state index contributed by atoms with van der Waals surface area (Å²) in [6.45, 7) is 6.02. The average Bonchev–Trinajstić information content (AvgIpc) is 2.37. The van der Waals surface area contributed by atoms with Crippen LogP contribution in [0.15, 0.2) is 17.6 Å². The van der Waals surface area contributed by atoms with Crippen LogP contribution in [0, 0.1) is 0 Å². The van der Waals surface area contributed by atoms with Crippen molar-refractivity contribution in [3.63, 3.8) is 0 Å². The lowest BCUT2D eigenvalue weighted by Gasteiger charge is -1.95. The quantitative estimate of drug-likeness (QED) is 0.216. The molecule has 0 N–H and O–H groups in total. The van der Waals surface area contributed by atoms with Gasteiger partial charge in [-0.1, -0.05) is 45.6 Å². The summed E-state index contributed by atoms with van der Waals surface area (Å²) in [6.07, 6.45) is 10.1. The van der Waals surface area contributed by atoms with Crippen LogP contribution in [0.4, 0.5) is 0 Å². The van der Waals surface area contributed by atoms with Crippen molar-refractivity contribution in [2.24, 2.45) is 4.99 Å². The number of isocyanates is 1. The third-order valence-corrected chi connectivity index (χ3v) is 2.06. The fourth-order valence-electron chi connectivity index (χ4n) is 1.10. The molecule has 0 heterocycles. The topological polar surface area (TPSA) is 55.7 Å². The van der Waals surface area contributed by atoms with Gasteiger partial charge in [0, 0.05) is 6.08 Å². The highest BCUT2D eigenvalue weighted by molar-refractivity contribution is 5.80. The van der Waals surface area contributed by atoms with Gasteiger partial charge < -0.3 is 4.74 Å². The highest BCUT2D eigenvalue weighted by Gasteiger charge is 1.87. The van der Waals surface area contributed by atoms with Gasteiger partial charge in [0.2, 0.25) is 6.08 Å². The average molecular weight is 241 g/mol. The minimum Gasteiger partial charge on any atom is -0.466 e. The van der Waals surface area contributed by atoms with E-state index in [4.69, 9.17) is 0 Å². The van der Waals surface area contributed by atoms with Crippen molar-refractivity contribution in [1.29, 1.82) is 0 Å². The van der Waals surface area contributed by atoms with E-state index in [2.05, 4.69) is 23.2 Å². The Kier molecular flexibility index (Phi) is 18.0. The van der Waals surface area contributed by atoms with Crippen molar-refractivity contribution in [2.45, 2.75) is 45.4 Å².